The van der Waals surface area contributed by atoms with Crippen molar-refractivity contribution in [3.05, 3.63) is 40.8 Å². The monoisotopic (exact) mass is 254 g/mol. The van der Waals surface area contributed by atoms with Gasteiger partial charge < -0.3 is 11.1 Å². The molecule has 1 heterocycles. The van der Waals surface area contributed by atoms with Crippen LogP contribution in [0.15, 0.2) is 30.5 Å². The lowest BCUT2D eigenvalue weighted by Gasteiger charge is -2.09. The Morgan fingerprint density at radius 3 is 2.69 bits per heavy atom. The lowest BCUT2D eigenvalue weighted by atomic mass is 10.3. The summed E-state index contributed by atoms with van der Waals surface area (Å²) < 4.78 is 0. The Balaban J connectivity index is 2.34. The Labute approximate surface area is 102 Å². The highest BCUT2D eigenvalue weighted by Crippen LogP contribution is 2.26. The van der Waals surface area contributed by atoms with Crippen molar-refractivity contribution >= 4 is 40.4 Å². The van der Waals surface area contributed by atoms with E-state index in [1.807, 2.05) is 18.2 Å². The van der Waals surface area contributed by atoms with Crippen LogP contribution in [-0.4, -0.2) is 9.97 Å². The Morgan fingerprint density at radius 1 is 1.19 bits per heavy atom. The topological polar surface area (TPSA) is 63.8 Å². The van der Waals surface area contributed by atoms with Crippen LogP contribution in [0.1, 0.15) is 0 Å². The van der Waals surface area contributed by atoms with Crippen LogP contribution in [0, 0.1) is 0 Å². The summed E-state index contributed by atoms with van der Waals surface area (Å²) >= 11 is 11.6. The lowest BCUT2D eigenvalue weighted by molar-refractivity contribution is 1.17. The molecule has 1 aromatic carbocycles. The maximum Gasteiger partial charge on any atom is 0.224 e. The predicted molar refractivity (Wildman–Crippen MR) is 66.2 cm³/mol. The molecule has 0 unspecified atom stereocenters. The van der Waals surface area contributed by atoms with Gasteiger partial charge in [0.1, 0.15) is 5.02 Å². The third-order valence-corrected chi connectivity index (χ3v) is 2.39. The van der Waals surface area contributed by atoms with Gasteiger partial charge in [-0.2, -0.15) is 4.98 Å². The van der Waals surface area contributed by atoms with E-state index in [2.05, 4.69) is 15.3 Å². The molecule has 3 N–H and O–H groups in total. The van der Waals surface area contributed by atoms with Crippen LogP contribution in [0.4, 0.5) is 17.2 Å². The standard InChI is InChI=1S/C10H8Cl2N4/c11-6-5-14-10(12)16-9(6)15-8-4-2-1-3-7(8)13/h1-5H,13H2,(H,14,15,16). The third kappa shape index (κ3) is 2.35. The van der Waals surface area contributed by atoms with Crippen molar-refractivity contribution < 1.29 is 0 Å². The SMILES string of the molecule is Nc1ccccc1Nc1nc(Cl)ncc1Cl. The van der Waals surface area contributed by atoms with E-state index in [4.69, 9.17) is 28.9 Å². The van der Waals surface area contributed by atoms with Crippen LogP contribution < -0.4 is 11.1 Å². The highest BCUT2D eigenvalue weighted by molar-refractivity contribution is 6.33. The molecule has 0 spiro atoms. The first-order valence-corrected chi connectivity index (χ1v) is 5.22. The molecule has 1 aromatic heterocycles. The number of nitrogens with one attached hydrogen (secondary N) is 1. The molecule has 0 fully saturated rings. The van der Waals surface area contributed by atoms with Gasteiger partial charge in [0.15, 0.2) is 5.82 Å². The highest BCUT2D eigenvalue weighted by atomic mass is 35.5. The van der Waals surface area contributed by atoms with Crippen molar-refractivity contribution in [2.45, 2.75) is 0 Å². The number of rotatable bonds is 2. The van der Waals surface area contributed by atoms with Crippen molar-refractivity contribution in [1.29, 1.82) is 0 Å². The van der Waals surface area contributed by atoms with Crippen molar-refractivity contribution in [3.63, 3.8) is 0 Å². The fourth-order valence-electron chi connectivity index (χ4n) is 1.17. The zero-order chi connectivity index (χ0) is 11.5. The van der Waals surface area contributed by atoms with Gasteiger partial charge in [0.05, 0.1) is 17.6 Å². The molecule has 0 aliphatic carbocycles. The molecular weight excluding hydrogens is 247 g/mol. The van der Waals surface area contributed by atoms with Gasteiger partial charge in [-0.1, -0.05) is 23.7 Å². The van der Waals surface area contributed by atoms with Crippen LogP contribution in [0.25, 0.3) is 0 Å². The molecule has 0 saturated carbocycles. The summed E-state index contributed by atoms with van der Waals surface area (Å²) in [5, 5.41) is 3.50. The third-order valence-electron chi connectivity index (χ3n) is 1.93. The van der Waals surface area contributed by atoms with Gasteiger partial charge in [0, 0.05) is 0 Å². The first kappa shape index (κ1) is 11.0. The average molecular weight is 255 g/mol. The van der Waals surface area contributed by atoms with Crippen LogP contribution in [0.3, 0.4) is 0 Å². The minimum atomic E-state index is 0.126. The molecule has 0 radical (unpaired) electrons. The molecule has 6 heteroatoms. The normalized spacial score (nSPS) is 10.1. The lowest BCUT2D eigenvalue weighted by Crippen LogP contribution is -1.99. The summed E-state index contributed by atoms with van der Waals surface area (Å²) in [6.07, 6.45) is 1.43. The summed E-state index contributed by atoms with van der Waals surface area (Å²) in [6, 6.07) is 7.30. The first-order valence-electron chi connectivity index (χ1n) is 4.46. The van der Waals surface area contributed by atoms with E-state index in [1.165, 1.54) is 6.20 Å². The molecule has 2 rings (SSSR count). The minimum absolute atomic E-state index is 0.126. The number of nitrogen functional groups attached to an aromatic ring is 1. The highest BCUT2D eigenvalue weighted by Gasteiger charge is 2.05. The Hall–Kier alpha value is -1.52. The van der Waals surface area contributed by atoms with Gasteiger partial charge >= 0.3 is 0 Å². The van der Waals surface area contributed by atoms with Crippen LogP contribution in [0.2, 0.25) is 10.3 Å². The molecule has 2 aromatic rings. The largest absolute Gasteiger partial charge is 0.397 e. The molecule has 4 nitrogen and oxygen atoms in total. The second-order valence-electron chi connectivity index (χ2n) is 3.05. The maximum absolute atomic E-state index is 5.91. The number of nitrogens with two attached hydrogens (primary N) is 1. The van der Waals surface area contributed by atoms with E-state index < -0.39 is 0 Å². The summed E-state index contributed by atoms with van der Waals surface area (Å²) in [7, 11) is 0. The fraction of sp³-hybridized carbons (Fsp3) is 0. The molecule has 16 heavy (non-hydrogen) atoms. The summed E-state index contributed by atoms with van der Waals surface area (Å²) in [5.41, 5.74) is 7.10. The van der Waals surface area contributed by atoms with Gasteiger partial charge in [0.2, 0.25) is 5.28 Å². The van der Waals surface area contributed by atoms with Crippen LogP contribution in [-0.2, 0) is 0 Å². The number of para-hydroxylation sites is 2. The fourth-order valence-corrected chi connectivity index (χ4v) is 1.44. The molecular formula is C10H8Cl2N4. The zero-order valence-corrected chi connectivity index (χ0v) is 9.63. The quantitative estimate of drug-likeness (QED) is 0.639. The minimum Gasteiger partial charge on any atom is -0.397 e. The number of hydrogen-bond donors (Lipinski definition) is 2. The van der Waals surface area contributed by atoms with Crippen molar-refractivity contribution in [3.8, 4) is 0 Å². The van der Waals surface area contributed by atoms with Crippen LogP contribution >= 0.6 is 23.2 Å². The molecule has 0 atom stereocenters. The number of aromatic nitrogens is 2. The summed E-state index contributed by atoms with van der Waals surface area (Å²) in [4.78, 5) is 7.72. The molecule has 0 amide bonds. The van der Waals surface area contributed by atoms with Gasteiger partial charge in [-0.15, -0.1) is 0 Å². The maximum atomic E-state index is 5.91. The van der Waals surface area contributed by atoms with Crippen molar-refractivity contribution in [1.82, 2.24) is 9.97 Å². The Morgan fingerprint density at radius 2 is 1.94 bits per heavy atom. The molecule has 0 aliphatic rings. The number of halogens is 2. The molecule has 82 valence electrons. The Bertz CT molecular complexity index is 516. The summed E-state index contributed by atoms with van der Waals surface area (Å²) in [5.74, 6) is 0.430. The van der Waals surface area contributed by atoms with Gasteiger partial charge in [-0.25, -0.2) is 4.98 Å². The summed E-state index contributed by atoms with van der Waals surface area (Å²) in [6.45, 7) is 0. The van der Waals surface area contributed by atoms with E-state index in [-0.39, 0.29) is 5.28 Å². The first-order chi connectivity index (χ1) is 7.66. The van der Waals surface area contributed by atoms with E-state index >= 15 is 0 Å². The molecule has 0 bridgehead atoms. The van der Waals surface area contributed by atoms with E-state index in [1.54, 1.807) is 6.07 Å². The van der Waals surface area contributed by atoms with Crippen molar-refractivity contribution in [2.24, 2.45) is 0 Å². The van der Waals surface area contributed by atoms with Gasteiger partial charge in [-0.3, -0.25) is 0 Å². The molecule has 0 aliphatic heterocycles. The van der Waals surface area contributed by atoms with Crippen LogP contribution in [0.5, 0.6) is 0 Å². The predicted octanol–water partition coefficient (Wildman–Crippen LogP) is 3.11. The van der Waals surface area contributed by atoms with E-state index in [0.29, 0.717) is 16.5 Å². The zero-order valence-electron chi connectivity index (χ0n) is 8.11. The van der Waals surface area contributed by atoms with Gasteiger partial charge in [0.25, 0.3) is 0 Å². The Kier molecular flexibility index (Phi) is 3.12. The average Bonchev–Trinajstić information content (AvgIpc) is 2.27. The second kappa shape index (κ2) is 4.55. The second-order valence-corrected chi connectivity index (χ2v) is 3.79. The number of anilines is 3. The van der Waals surface area contributed by atoms with Crippen molar-refractivity contribution in [2.75, 3.05) is 11.1 Å². The van der Waals surface area contributed by atoms with Gasteiger partial charge in [-0.05, 0) is 23.7 Å². The molecule has 0 saturated heterocycles. The number of nitrogens with zero attached hydrogens (tertiary/aromatic N) is 2. The number of benzene rings is 1. The number of hydrogen-bond acceptors (Lipinski definition) is 4. The smallest absolute Gasteiger partial charge is 0.224 e. The van der Waals surface area contributed by atoms with E-state index in [0.717, 1.165) is 5.69 Å². The van der Waals surface area contributed by atoms with E-state index in [9.17, 15) is 0 Å².